The molecule has 0 aliphatic heterocycles. The molecular weight excluding hydrogens is 524 g/mol. The molecular formula is C33H36O8. The summed E-state index contributed by atoms with van der Waals surface area (Å²) in [5, 5.41) is 0. The number of hydrogen-bond acceptors (Lipinski definition) is 8. The minimum Gasteiger partial charge on any atom is -0.493 e. The zero-order chi connectivity index (χ0) is 29.5. The quantitative estimate of drug-likeness (QED) is 0.0821. The third-order valence-electron chi connectivity index (χ3n) is 6.20. The van der Waals surface area contributed by atoms with Gasteiger partial charge in [-0.3, -0.25) is 0 Å². The summed E-state index contributed by atoms with van der Waals surface area (Å²) in [5.41, 5.74) is 1.79. The third-order valence-corrected chi connectivity index (χ3v) is 6.20. The summed E-state index contributed by atoms with van der Waals surface area (Å²) >= 11 is 0. The van der Waals surface area contributed by atoms with E-state index in [9.17, 15) is 14.4 Å². The summed E-state index contributed by atoms with van der Waals surface area (Å²) in [6.45, 7) is 6.33. The fourth-order valence-corrected chi connectivity index (χ4v) is 3.85. The summed E-state index contributed by atoms with van der Waals surface area (Å²) in [4.78, 5) is 36.2. The molecule has 0 unspecified atom stereocenters. The number of esters is 3. The third kappa shape index (κ3) is 10.1. The van der Waals surface area contributed by atoms with Crippen LogP contribution in [0.2, 0.25) is 0 Å². The highest BCUT2D eigenvalue weighted by molar-refractivity contribution is 5.93. The molecule has 0 aromatic heterocycles. The smallest absolute Gasteiger partial charge is 0.343 e. The van der Waals surface area contributed by atoms with Crippen LogP contribution in [0.1, 0.15) is 65.3 Å². The second-order valence-corrected chi connectivity index (χ2v) is 9.15. The molecule has 0 radical (unpaired) electrons. The standard InChI is InChI=1S/C33H36O8/c1-4-24-11-16-27(17-12-24)40-32(35)25-13-18-28(19-14-25)41-33(36)26-15-20-29(30(23-26)37-3)38-21-9-7-6-8-10-22-39-31(34)5-2/h5,11-20,23H,2,4,6-10,21-22H2,1,3H3. The highest BCUT2D eigenvalue weighted by atomic mass is 16.5. The molecule has 0 amide bonds. The van der Waals surface area contributed by atoms with Crippen LogP contribution >= 0.6 is 0 Å². The van der Waals surface area contributed by atoms with Gasteiger partial charge in [0, 0.05) is 6.08 Å². The average Bonchev–Trinajstić information content (AvgIpc) is 3.00. The highest BCUT2D eigenvalue weighted by Crippen LogP contribution is 2.29. The van der Waals surface area contributed by atoms with Crippen LogP contribution < -0.4 is 18.9 Å². The number of hydrogen-bond donors (Lipinski definition) is 0. The van der Waals surface area contributed by atoms with E-state index >= 15 is 0 Å². The normalized spacial score (nSPS) is 10.4. The topological polar surface area (TPSA) is 97.4 Å². The lowest BCUT2D eigenvalue weighted by Gasteiger charge is -2.12. The number of unbranched alkanes of at least 4 members (excludes halogenated alkanes) is 4. The Hall–Kier alpha value is -4.59. The van der Waals surface area contributed by atoms with Gasteiger partial charge < -0.3 is 23.7 Å². The fourth-order valence-electron chi connectivity index (χ4n) is 3.85. The highest BCUT2D eigenvalue weighted by Gasteiger charge is 2.15. The van der Waals surface area contributed by atoms with Crippen molar-refractivity contribution in [3.63, 3.8) is 0 Å². The number of aryl methyl sites for hydroxylation is 1. The van der Waals surface area contributed by atoms with E-state index < -0.39 is 17.9 Å². The maximum atomic E-state index is 12.7. The Balaban J connectivity index is 1.44. The molecule has 0 spiro atoms. The first-order valence-corrected chi connectivity index (χ1v) is 13.7. The summed E-state index contributed by atoms with van der Waals surface area (Å²) in [5.74, 6) is 0.246. The van der Waals surface area contributed by atoms with Crippen LogP contribution in [0.5, 0.6) is 23.0 Å². The van der Waals surface area contributed by atoms with Gasteiger partial charge in [0.25, 0.3) is 0 Å². The SMILES string of the molecule is C=CC(=O)OCCCCCCCOc1ccc(C(=O)Oc2ccc(C(=O)Oc3ccc(CC)cc3)cc2)cc1OC. The molecule has 3 aromatic rings. The Morgan fingerprint density at radius 3 is 1.88 bits per heavy atom. The minimum atomic E-state index is -0.569. The van der Waals surface area contributed by atoms with Gasteiger partial charge >= 0.3 is 17.9 Å². The van der Waals surface area contributed by atoms with Crippen LogP contribution in [0.3, 0.4) is 0 Å². The van der Waals surface area contributed by atoms with Crippen molar-refractivity contribution in [3.05, 3.63) is 96.1 Å². The summed E-state index contributed by atoms with van der Waals surface area (Å²) in [6, 6.07) is 18.4. The Morgan fingerprint density at radius 1 is 0.707 bits per heavy atom. The van der Waals surface area contributed by atoms with E-state index in [1.165, 1.54) is 19.2 Å². The van der Waals surface area contributed by atoms with Crippen LogP contribution in [0.15, 0.2) is 79.4 Å². The van der Waals surface area contributed by atoms with Gasteiger partial charge in [-0.1, -0.05) is 44.9 Å². The monoisotopic (exact) mass is 560 g/mol. The van der Waals surface area contributed by atoms with E-state index in [1.54, 1.807) is 42.5 Å². The van der Waals surface area contributed by atoms with Gasteiger partial charge in [0.05, 0.1) is 31.5 Å². The molecule has 0 saturated heterocycles. The van der Waals surface area contributed by atoms with Crippen LogP contribution in [0, 0.1) is 0 Å². The maximum Gasteiger partial charge on any atom is 0.343 e. The van der Waals surface area contributed by atoms with Gasteiger partial charge in [-0.2, -0.15) is 0 Å². The predicted molar refractivity (Wildman–Crippen MR) is 155 cm³/mol. The van der Waals surface area contributed by atoms with E-state index in [4.69, 9.17) is 23.7 Å². The largest absolute Gasteiger partial charge is 0.493 e. The van der Waals surface area contributed by atoms with E-state index in [1.807, 2.05) is 12.1 Å². The maximum absolute atomic E-state index is 12.7. The molecule has 41 heavy (non-hydrogen) atoms. The molecule has 216 valence electrons. The van der Waals surface area contributed by atoms with Crippen LogP contribution in [-0.2, 0) is 16.0 Å². The second-order valence-electron chi connectivity index (χ2n) is 9.15. The molecule has 0 N–H and O–H groups in total. The lowest BCUT2D eigenvalue weighted by Crippen LogP contribution is -2.10. The van der Waals surface area contributed by atoms with Crippen molar-refractivity contribution in [2.45, 2.75) is 45.4 Å². The molecule has 0 atom stereocenters. The van der Waals surface area contributed by atoms with E-state index in [-0.39, 0.29) is 5.75 Å². The number of carbonyl (C=O) groups is 3. The van der Waals surface area contributed by atoms with Crippen molar-refractivity contribution in [1.82, 2.24) is 0 Å². The summed E-state index contributed by atoms with van der Waals surface area (Å²) < 4.78 is 27.1. The van der Waals surface area contributed by atoms with Crippen LogP contribution in [0.25, 0.3) is 0 Å². The van der Waals surface area contributed by atoms with Gasteiger partial charge in [-0.15, -0.1) is 0 Å². The first-order chi connectivity index (χ1) is 19.9. The van der Waals surface area contributed by atoms with Gasteiger partial charge in [0.2, 0.25) is 0 Å². The van der Waals surface area contributed by atoms with Crippen molar-refractivity contribution in [2.75, 3.05) is 20.3 Å². The molecule has 3 aromatic carbocycles. The van der Waals surface area contributed by atoms with Crippen LogP contribution in [-0.4, -0.2) is 38.2 Å². The first-order valence-electron chi connectivity index (χ1n) is 13.7. The zero-order valence-electron chi connectivity index (χ0n) is 23.6. The average molecular weight is 561 g/mol. The number of methoxy groups -OCH3 is 1. The zero-order valence-corrected chi connectivity index (χ0v) is 23.6. The molecule has 8 heteroatoms. The number of ether oxygens (including phenoxy) is 5. The van der Waals surface area contributed by atoms with E-state index in [2.05, 4.69) is 13.5 Å². The molecule has 0 bridgehead atoms. The van der Waals surface area contributed by atoms with Gasteiger partial charge in [-0.05, 0) is 79.4 Å². The Bertz CT molecular complexity index is 1300. The lowest BCUT2D eigenvalue weighted by molar-refractivity contribution is -0.137. The number of benzene rings is 3. The molecule has 0 saturated carbocycles. The van der Waals surface area contributed by atoms with Gasteiger partial charge in [-0.25, -0.2) is 14.4 Å². The molecule has 8 nitrogen and oxygen atoms in total. The number of carbonyl (C=O) groups excluding carboxylic acids is 3. The molecule has 0 heterocycles. The van der Waals surface area contributed by atoms with Crippen molar-refractivity contribution in [2.24, 2.45) is 0 Å². The molecule has 3 rings (SSSR count). The first kappa shape index (κ1) is 30.9. The van der Waals surface area contributed by atoms with Crippen molar-refractivity contribution in [3.8, 4) is 23.0 Å². The van der Waals surface area contributed by atoms with E-state index in [0.29, 0.717) is 41.6 Å². The summed E-state index contributed by atoms with van der Waals surface area (Å²) in [7, 11) is 1.51. The predicted octanol–water partition coefficient (Wildman–Crippen LogP) is 6.75. The van der Waals surface area contributed by atoms with Crippen LogP contribution in [0.4, 0.5) is 0 Å². The fraction of sp³-hybridized carbons (Fsp3) is 0.303. The minimum absolute atomic E-state index is 0.289. The molecule has 0 fully saturated rings. The Kier molecular flexibility index (Phi) is 12.5. The summed E-state index contributed by atoms with van der Waals surface area (Å²) in [6.07, 6.45) is 6.68. The van der Waals surface area contributed by atoms with Crippen molar-refractivity contribution in [1.29, 1.82) is 0 Å². The van der Waals surface area contributed by atoms with Gasteiger partial charge in [0.15, 0.2) is 11.5 Å². The van der Waals surface area contributed by atoms with E-state index in [0.717, 1.165) is 50.2 Å². The Labute approximate surface area is 240 Å². The van der Waals surface area contributed by atoms with Gasteiger partial charge in [0.1, 0.15) is 11.5 Å². The molecule has 0 aliphatic rings. The second kappa shape index (κ2) is 16.5. The van der Waals surface area contributed by atoms with Crippen molar-refractivity contribution >= 4 is 17.9 Å². The van der Waals surface area contributed by atoms with Crippen molar-refractivity contribution < 1.29 is 38.1 Å². The Morgan fingerprint density at radius 2 is 1.27 bits per heavy atom. The molecule has 0 aliphatic carbocycles. The lowest BCUT2D eigenvalue weighted by atomic mass is 10.1. The number of rotatable bonds is 16.